The fourth-order valence-electron chi connectivity index (χ4n) is 2.30. The maximum Gasteiger partial charge on any atom is 0.225 e. The number of hydrogen-bond acceptors (Lipinski definition) is 4. The fourth-order valence-corrected chi connectivity index (χ4v) is 2.30. The van der Waals surface area contributed by atoms with Crippen LogP contribution in [0, 0.1) is 0 Å². The van der Waals surface area contributed by atoms with E-state index in [9.17, 15) is 0 Å². The molecule has 0 amide bonds. The third-order valence-electron chi connectivity index (χ3n) is 3.33. The van der Waals surface area contributed by atoms with Crippen LogP contribution in [0.15, 0.2) is 58.8 Å². The Hall–Kier alpha value is -2.75. The molecule has 1 aromatic heterocycles. The summed E-state index contributed by atoms with van der Waals surface area (Å²) in [7, 11) is 1.96. The summed E-state index contributed by atoms with van der Waals surface area (Å²) in [5.41, 5.74) is 2.66. The summed E-state index contributed by atoms with van der Waals surface area (Å²) in [6.07, 6.45) is 1.81. The van der Waals surface area contributed by atoms with E-state index in [4.69, 9.17) is 9.15 Å². The number of benzene rings is 2. The van der Waals surface area contributed by atoms with E-state index in [1.807, 2.05) is 60.5 Å². The van der Waals surface area contributed by atoms with Crippen molar-refractivity contribution in [2.45, 2.75) is 0 Å². The molecule has 0 spiro atoms. The quantitative estimate of drug-likeness (QED) is 0.672. The Bertz CT molecular complexity index is 787. The van der Waals surface area contributed by atoms with Crippen molar-refractivity contribution < 1.29 is 9.15 Å². The molecule has 3 aromatic rings. The van der Waals surface area contributed by atoms with Crippen LogP contribution in [0.5, 0.6) is 5.75 Å². The van der Waals surface area contributed by atoms with Crippen molar-refractivity contribution in [3.63, 3.8) is 0 Å². The molecule has 1 aliphatic rings. The molecule has 0 N–H and O–H groups in total. The molecule has 0 bridgehead atoms. The van der Waals surface area contributed by atoms with Crippen molar-refractivity contribution in [2.75, 3.05) is 11.9 Å². The molecule has 98 valence electrons. The van der Waals surface area contributed by atoms with E-state index in [1.54, 1.807) is 6.08 Å². The van der Waals surface area contributed by atoms with Gasteiger partial charge in [-0.15, -0.1) is 0 Å². The lowest BCUT2D eigenvalue weighted by Crippen LogP contribution is -2.12. The highest BCUT2D eigenvalue weighted by Crippen LogP contribution is 2.37. The lowest BCUT2D eigenvalue weighted by molar-refractivity contribution is 0.446. The van der Waals surface area contributed by atoms with Crippen molar-refractivity contribution in [3.05, 3.63) is 60.3 Å². The van der Waals surface area contributed by atoms with Crippen molar-refractivity contribution in [2.24, 2.45) is 0 Å². The minimum Gasteiger partial charge on any atom is -0.438 e. The Morgan fingerprint density at radius 1 is 1.05 bits per heavy atom. The maximum absolute atomic E-state index is 5.81. The van der Waals surface area contributed by atoms with Gasteiger partial charge in [0.15, 0.2) is 11.3 Å². The second-order valence-corrected chi connectivity index (χ2v) is 4.63. The van der Waals surface area contributed by atoms with Crippen LogP contribution in [0.2, 0.25) is 0 Å². The van der Waals surface area contributed by atoms with Gasteiger partial charge in [0.25, 0.3) is 0 Å². The highest BCUT2D eigenvalue weighted by molar-refractivity contribution is 5.75. The molecule has 0 aliphatic carbocycles. The van der Waals surface area contributed by atoms with E-state index in [1.165, 1.54) is 0 Å². The van der Waals surface area contributed by atoms with Gasteiger partial charge in [-0.3, -0.25) is 0 Å². The van der Waals surface area contributed by atoms with Gasteiger partial charge in [-0.25, -0.2) is 4.98 Å². The Morgan fingerprint density at radius 2 is 1.85 bits per heavy atom. The normalized spacial score (nSPS) is 15.7. The Kier molecular flexibility index (Phi) is 2.29. The van der Waals surface area contributed by atoms with E-state index >= 15 is 0 Å². The lowest BCUT2D eigenvalue weighted by Gasteiger charge is -2.09. The second kappa shape index (κ2) is 4.13. The van der Waals surface area contributed by atoms with Crippen LogP contribution in [0.25, 0.3) is 17.2 Å². The summed E-state index contributed by atoms with van der Waals surface area (Å²) < 4.78 is 11.5. The summed E-state index contributed by atoms with van der Waals surface area (Å²) in [5.74, 6) is 2.09. The average Bonchev–Trinajstić information content (AvgIpc) is 3.01. The van der Waals surface area contributed by atoms with Gasteiger partial charge in [-0.05, 0) is 24.3 Å². The minimum absolute atomic E-state index is 0.542. The summed E-state index contributed by atoms with van der Waals surface area (Å²) in [6, 6.07) is 15.6. The molecule has 1 aliphatic heterocycles. The molecule has 2 aromatic carbocycles. The molecule has 4 heteroatoms. The number of oxazole rings is 1. The SMILES string of the molecule is CN1/C(=C\c2nc3ccccc3o2)Oc2ccccc21. The fraction of sp³-hybridized carbons (Fsp3) is 0.0625. The molecule has 0 radical (unpaired) electrons. The van der Waals surface area contributed by atoms with E-state index < -0.39 is 0 Å². The summed E-state index contributed by atoms with van der Waals surface area (Å²) in [5, 5.41) is 0. The van der Waals surface area contributed by atoms with E-state index in [0.717, 1.165) is 22.5 Å². The summed E-state index contributed by atoms with van der Waals surface area (Å²) >= 11 is 0. The number of hydrogen-bond donors (Lipinski definition) is 0. The molecule has 0 atom stereocenters. The van der Waals surface area contributed by atoms with E-state index in [-0.39, 0.29) is 0 Å². The van der Waals surface area contributed by atoms with Crippen molar-refractivity contribution in [1.29, 1.82) is 0 Å². The first kappa shape index (κ1) is 11.1. The number of ether oxygens (including phenoxy) is 1. The first-order chi connectivity index (χ1) is 9.81. The van der Waals surface area contributed by atoms with Gasteiger partial charge in [0.05, 0.1) is 11.8 Å². The first-order valence-corrected chi connectivity index (χ1v) is 6.39. The summed E-state index contributed by atoms with van der Waals surface area (Å²) in [6.45, 7) is 0. The molecule has 0 unspecified atom stereocenters. The predicted octanol–water partition coefficient (Wildman–Crippen LogP) is 3.66. The summed E-state index contributed by atoms with van der Waals surface area (Å²) in [4.78, 5) is 6.40. The molecule has 0 saturated carbocycles. The van der Waals surface area contributed by atoms with E-state index in [2.05, 4.69) is 4.98 Å². The van der Waals surface area contributed by atoms with Gasteiger partial charge in [0, 0.05) is 7.05 Å². The molecular weight excluding hydrogens is 252 g/mol. The number of fused-ring (bicyclic) bond motifs is 2. The van der Waals surface area contributed by atoms with Crippen LogP contribution in [0.1, 0.15) is 5.89 Å². The topological polar surface area (TPSA) is 38.5 Å². The highest BCUT2D eigenvalue weighted by atomic mass is 16.5. The zero-order valence-corrected chi connectivity index (χ0v) is 10.9. The van der Waals surface area contributed by atoms with E-state index in [0.29, 0.717) is 11.8 Å². The van der Waals surface area contributed by atoms with Gasteiger partial charge in [-0.1, -0.05) is 24.3 Å². The second-order valence-electron chi connectivity index (χ2n) is 4.63. The Morgan fingerprint density at radius 3 is 2.70 bits per heavy atom. The molecule has 2 heterocycles. The maximum atomic E-state index is 5.81. The van der Waals surface area contributed by atoms with Gasteiger partial charge in [0.2, 0.25) is 11.8 Å². The number of anilines is 1. The molecule has 20 heavy (non-hydrogen) atoms. The van der Waals surface area contributed by atoms with Crippen LogP contribution in [0.3, 0.4) is 0 Å². The molecule has 4 rings (SSSR count). The third-order valence-corrected chi connectivity index (χ3v) is 3.33. The zero-order chi connectivity index (χ0) is 13.5. The smallest absolute Gasteiger partial charge is 0.225 e. The molecule has 0 fully saturated rings. The largest absolute Gasteiger partial charge is 0.438 e. The third kappa shape index (κ3) is 1.66. The van der Waals surface area contributed by atoms with Crippen LogP contribution >= 0.6 is 0 Å². The van der Waals surface area contributed by atoms with Crippen molar-refractivity contribution >= 4 is 22.9 Å². The van der Waals surface area contributed by atoms with Gasteiger partial charge in [0.1, 0.15) is 5.52 Å². The predicted molar refractivity (Wildman–Crippen MR) is 77.5 cm³/mol. The zero-order valence-electron chi connectivity index (χ0n) is 10.9. The van der Waals surface area contributed by atoms with Crippen molar-refractivity contribution in [3.8, 4) is 5.75 Å². The van der Waals surface area contributed by atoms with Gasteiger partial charge < -0.3 is 14.1 Å². The number of rotatable bonds is 1. The number of nitrogens with zero attached hydrogens (tertiary/aromatic N) is 2. The number of aromatic nitrogens is 1. The highest BCUT2D eigenvalue weighted by Gasteiger charge is 2.22. The van der Waals surface area contributed by atoms with Crippen molar-refractivity contribution in [1.82, 2.24) is 4.98 Å². The van der Waals surface area contributed by atoms with Crippen LogP contribution in [-0.4, -0.2) is 12.0 Å². The van der Waals surface area contributed by atoms with Gasteiger partial charge in [-0.2, -0.15) is 0 Å². The lowest BCUT2D eigenvalue weighted by atomic mass is 10.3. The van der Waals surface area contributed by atoms with Crippen LogP contribution < -0.4 is 9.64 Å². The monoisotopic (exact) mass is 264 g/mol. The minimum atomic E-state index is 0.542. The number of para-hydroxylation sites is 4. The molecule has 4 nitrogen and oxygen atoms in total. The standard InChI is InChI=1S/C16H12N2O2/c1-18-12-7-3-5-9-14(12)20-16(18)10-15-17-11-6-2-4-8-13(11)19-15/h2-10H,1H3/b16-10+. The Labute approximate surface area is 115 Å². The van der Waals surface area contributed by atoms with Crippen LogP contribution in [-0.2, 0) is 0 Å². The van der Waals surface area contributed by atoms with Gasteiger partial charge >= 0.3 is 0 Å². The first-order valence-electron chi connectivity index (χ1n) is 6.39. The molecule has 0 saturated heterocycles. The molecular formula is C16H12N2O2. The Balaban J connectivity index is 1.75. The van der Waals surface area contributed by atoms with Crippen LogP contribution in [0.4, 0.5) is 5.69 Å². The average molecular weight is 264 g/mol.